The maximum Gasteiger partial charge on any atom is 0.416 e. The molecular formula is C25H18ClF5N2O4. The summed E-state index contributed by atoms with van der Waals surface area (Å²) in [6.45, 7) is -0.601. The first-order valence-corrected chi connectivity index (χ1v) is 11.2. The Labute approximate surface area is 211 Å². The number of hydrogen-bond acceptors (Lipinski definition) is 4. The van der Waals surface area contributed by atoms with Crippen molar-refractivity contribution in [3.8, 4) is 0 Å². The number of aliphatic hydroxyl groups is 2. The maximum absolute atomic E-state index is 14.0. The quantitative estimate of drug-likeness (QED) is 0.343. The number of benzene rings is 3. The molecule has 1 aliphatic heterocycles. The van der Waals surface area contributed by atoms with Crippen molar-refractivity contribution < 1.29 is 41.8 Å². The molecular weight excluding hydrogens is 523 g/mol. The molecule has 0 radical (unpaired) electrons. The number of carbonyl (C=O) groups excluding carboxylic acids is 2. The van der Waals surface area contributed by atoms with Crippen LogP contribution in [0.3, 0.4) is 0 Å². The van der Waals surface area contributed by atoms with Crippen molar-refractivity contribution in [2.24, 2.45) is 0 Å². The SMILES string of the molecule is O=C(Nc1cc(CC(O)CO)cc2c1C(c1cc(F)ccc1Cl)NC2=O)c1cc(F)cc(C(F)(F)F)c1. The second kappa shape index (κ2) is 10.1. The number of rotatable bonds is 6. The minimum Gasteiger partial charge on any atom is -0.394 e. The molecule has 2 amide bonds. The van der Waals surface area contributed by atoms with E-state index in [0.717, 1.165) is 12.1 Å². The topological polar surface area (TPSA) is 98.7 Å². The molecule has 2 unspecified atom stereocenters. The molecule has 1 aliphatic rings. The van der Waals surface area contributed by atoms with Crippen LogP contribution in [-0.4, -0.2) is 34.7 Å². The van der Waals surface area contributed by atoms with E-state index in [1.807, 2.05) is 0 Å². The first-order valence-electron chi connectivity index (χ1n) is 10.8. The summed E-state index contributed by atoms with van der Waals surface area (Å²) in [5.41, 5.74) is -1.46. The van der Waals surface area contributed by atoms with Crippen molar-refractivity contribution in [2.75, 3.05) is 11.9 Å². The van der Waals surface area contributed by atoms with Crippen LogP contribution in [-0.2, 0) is 12.6 Å². The molecule has 1 heterocycles. The molecule has 4 N–H and O–H groups in total. The van der Waals surface area contributed by atoms with Gasteiger partial charge in [-0.2, -0.15) is 13.2 Å². The zero-order valence-electron chi connectivity index (χ0n) is 18.7. The highest BCUT2D eigenvalue weighted by molar-refractivity contribution is 6.31. The normalized spacial score (nSPS) is 15.8. The van der Waals surface area contributed by atoms with E-state index in [0.29, 0.717) is 17.7 Å². The molecule has 0 saturated carbocycles. The average molecular weight is 541 g/mol. The van der Waals surface area contributed by atoms with Crippen LogP contribution in [0.15, 0.2) is 48.5 Å². The average Bonchev–Trinajstić information content (AvgIpc) is 3.16. The molecule has 0 aliphatic carbocycles. The number of aliphatic hydroxyl groups excluding tert-OH is 2. The van der Waals surface area contributed by atoms with E-state index in [1.54, 1.807) is 0 Å². The standard InChI is InChI=1S/C25H18ClF5N2O4/c26-19-2-1-14(27)9-17(19)22-21-18(24(37)33-22)4-11(3-16(35)10-34)5-20(21)32-23(36)12-6-13(25(29,30)31)8-15(28)7-12/h1-2,4-9,16,22,34-35H,3,10H2,(H,32,36)(H,33,37). The third kappa shape index (κ3) is 5.58. The highest BCUT2D eigenvalue weighted by Crippen LogP contribution is 2.40. The van der Waals surface area contributed by atoms with Crippen LogP contribution in [0.2, 0.25) is 5.02 Å². The summed E-state index contributed by atoms with van der Waals surface area (Å²) in [5.74, 6) is -3.68. The molecule has 2 atom stereocenters. The monoisotopic (exact) mass is 540 g/mol. The van der Waals surface area contributed by atoms with Crippen LogP contribution in [0.1, 0.15) is 49.0 Å². The first-order chi connectivity index (χ1) is 17.4. The summed E-state index contributed by atoms with van der Waals surface area (Å²) in [6, 6.07) is 6.50. The molecule has 3 aromatic rings. The Kier molecular flexibility index (Phi) is 7.22. The fraction of sp³-hybridized carbons (Fsp3) is 0.200. The molecule has 0 bridgehead atoms. The fourth-order valence-electron chi connectivity index (χ4n) is 4.10. The summed E-state index contributed by atoms with van der Waals surface area (Å²) in [5, 5.41) is 24.2. The number of halogens is 6. The number of alkyl halides is 3. The van der Waals surface area contributed by atoms with Crippen molar-refractivity contribution in [1.29, 1.82) is 0 Å². The van der Waals surface area contributed by atoms with Crippen LogP contribution in [0.5, 0.6) is 0 Å². The van der Waals surface area contributed by atoms with E-state index in [-0.39, 0.29) is 39.9 Å². The van der Waals surface area contributed by atoms with Gasteiger partial charge in [-0.1, -0.05) is 11.6 Å². The van der Waals surface area contributed by atoms with Gasteiger partial charge in [0, 0.05) is 39.4 Å². The summed E-state index contributed by atoms with van der Waals surface area (Å²) >= 11 is 6.23. The Bertz CT molecular complexity index is 1400. The largest absolute Gasteiger partial charge is 0.416 e. The highest BCUT2D eigenvalue weighted by atomic mass is 35.5. The first kappa shape index (κ1) is 26.5. The van der Waals surface area contributed by atoms with Crippen LogP contribution in [0, 0.1) is 11.6 Å². The molecule has 12 heteroatoms. The minimum atomic E-state index is -4.91. The Hall–Kier alpha value is -3.54. The molecule has 0 fully saturated rings. The van der Waals surface area contributed by atoms with Gasteiger partial charge >= 0.3 is 6.18 Å². The summed E-state index contributed by atoms with van der Waals surface area (Å²) in [7, 11) is 0. The van der Waals surface area contributed by atoms with E-state index in [9.17, 15) is 41.8 Å². The number of nitrogens with one attached hydrogen (secondary N) is 2. The molecule has 0 saturated heterocycles. The van der Waals surface area contributed by atoms with Gasteiger partial charge in [0.2, 0.25) is 0 Å². The molecule has 37 heavy (non-hydrogen) atoms. The lowest BCUT2D eigenvalue weighted by molar-refractivity contribution is -0.137. The lowest BCUT2D eigenvalue weighted by atomic mass is 9.93. The Balaban J connectivity index is 1.83. The van der Waals surface area contributed by atoms with Crippen LogP contribution in [0.4, 0.5) is 27.6 Å². The van der Waals surface area contributed by atoms with Gasteiger partial charge < -0.3 is 20.8 Å². The molecule has 3 aromatic carbocycles. The van der Waals surface area contributed by atoms with Gasteiger partial charge in [-0.25, -0.2) is 8.78 Å². The van der Waals surface area contributed by atoms with E-state index >= 15 is 0 Å². The zero-order valence-corrected chi connectivity index (χ0v) is 19.4. The molecule has 194 valence electrons. The number of amides is 2. The minimum absolute atomic E-state index is 0.0264. The molecule has 6 nitrogen and oxygen atoms in total. The van der Waals surface area contributed by atoms with Crippen molar-refractivity contribution >= 4 is 29.1 Å². The number of anilines is 1. The molecule has 4 rings (SSSR count). The lowest BCUT2D eigenvalue weighted by Crippen LogP contribution is -2.21. The Morgan fingerprint density at radius 1 is 1.08 bits per heavy atom. The predicted octanol–water partition coefficient (Wildman–Crippen LogP) is 4.62. The fourth-order valence-corrected chi connectivity index (χ4v) is 4.33. The lowest BCUT2D eigenvalue weighted by Gasteiger charge is -2.19. The Morgan fingerprint density at radius 3 is 2.49 bits per heavy atom. The Morgan fingerprint density at radius 2 is 1.81 bits per heavy atom. The van der Waals surface area contributed by atoms with Crippen molar-refractivity contribution in [2.45, 2.75) is 24.7 Å². The predicted molar refractivity (Wildman–Crippen MR) is 123 cm³/mol. The maximum atomic E-state index is 14.0. The zero-order chi connectivity index (χ0) is 27.1. The number of hydrogen-bond donors (Lipinski definition) is 4. The van der Waals surface area contributed by atoms with E-state index in [4.69, 9.17) is 11.6 Å². The second-order valence-electron chi connectivity index (χ2n) is 8.40. The summed E-state index contributed by atoms with van der Waals surface area (Å²) in [6.07, 6.45) is -6.25. The number of carbonyl (C=O) groups is 2. The van der Waals surface area contributed by atoms with Gasteiger partial charge in [0.1, 0.15) is 11.6 Å². The van der Waals surface area contributed by atoms with Gasteiger partial charge in [0.15, 0.2) is 0 Å². The van der Waals surface area contributed by atoms with Crippen molar-refractivity contribution in [3.05, 3.63) is 98.6 Å². The van der Waals surface area contributed by atoms with Gasteiger partial charge in [-0.05, 0) is 54.1 Å². The smallest absolute Gasteiger partial charge is 0.394 e. The van der Waals surface area contributed by atoms with Crippen molar-refractivity contribution in [3.63, 3.8) is 0 Å². The van der Waals surface area contributed by atoms with Gasteiger partial charge in [-0.15, -0.1) is 0 Å². The van der Waals surface area contributed by atoms with E-state index < -0.39 is 59.5 Å². The van der Waals surface area contributed by atoms with Gasteiger partial charge in [0.05, 0.1) is 24.3 Å². The second-order valence-corrected chi connectivity index (χ2v) is 8.81. The van der Waals surface area contributed by atoms with Crippen LogP contribution in [0.25, 0.3) is 0 Å². The third-order valence-corrected chi connectivity index (χ3v) is 6.08. The molecule has 0 aromatic heterocycles. The van der Waals surface area contributed by atoms with Crippen molar-refractivity contribution in [1.82, 2.24) is 5.32 Å². The summed E-state index contributed by atoms with van der Waals surface area (Å²) in [4.78, 5) is 25.8. The van der Waals surface area contributed by atoms with E-state index in [2.05, 4.69) is 10.6 Å². The van der Waals surface area contributed by atoms with Crippen LogP contribution < -0.4 is 10.6 Å². The van der Waals surface area contributed by atoms with E-state index in [1.165, 1.54) is 18.2 Å². The van der Waals surface area contributed by atoms with Crippen LogP contribution >= 0.6 is 11.6 Å². The number of fused-ring (bicyclic) bond motifs is 1. The summed E-state index contributed by atoms with van der Waals surface area (Å²) < 4.78 is 67.3. The highest BCUT2D eigenvalue weighted by Gasteiger charge is 2.36. The molecule has 0 spiro atoms. The van der Waals surface area contributed by atoms with Gasteiger partial charge in [-0.3, -0.25) is 9.59 Å². The van der Waals surface area contributed by atoms with Gasteiger partial charge in [0.25, 0.3) is 11.8 Å². The third-order valence-electron chi connectivity index (χ3n) is 5.74.